The summed E-state index contributed by atoms with van der Waals surface area (Å²) in [6, 6.07) is 5.20. The second-order valence-corrected chi connectivity index (χ2v) is 7.79. The van der Waals surface area contributed by atoms with Crippen molar-refractivity contribution in [3.8, 4) is 5.75 Å². The third-order valence-corrected chi connectivity index (χ3v) is 4.97. The lowest BCUT2D eigenvalue weighted by molar-refractivity contribution is -0.120. The fourth-order valence-electron chi connectivity index (χ4n) is 2.60. The van der Waals surface area contributed by atoms with Gasteiger partial charge in [0.2, 0.25) is 15.9 Å². The molecule has 7 nitrogen and oxygen atoms in total. The molecular weight excluding hydrogens is 332 g/mol. The summed E-state index contributed by atoms with van der Waals surface area (Å²) in [5.41, 5.74) is 1.23. The molecule has 134 valence electrons. The number of rotatable bonds is 7. The van der Waals surface area contributed by atoms with Gasteiger partial charge in [0.1, 0.15) is 12.3 Å². The number of aryl methyl sites for hydroxylation is 1. The molecule has 0 radical (unpaired) electrons. The highest BCUT2D eigenvalue weighted by Crippen LogP contribution is 2.30. The van der Waals surface area contributed by atoms with Crippen LogP contribution >= 0.6 is 0 Å². The molecule has 8 heteroatoms. The van der Waals surface area contributed by atoms with Gasteiger partial charge in [0.05, 0.1) is 25.2 Å². The van der Waals surface area contributed by atoms with E-state index < -0.39 is 10.0 Å². The Hall–Kier alpha value is -1.80. The molecule has 0 bridgehead atoms. The van der Waals surface area contributed by atoms with E-state index in [-0.39, 0.29) is 18.6 Å². The molecule has 1 aromatic rings. The number of nitrogens with zero attached hydrogens (tertiary/aromatic N) is 1. The van der Waals surface area contributed by atoms with E-state index in [1.54, 1.807) is 12.1 Å². The Morgan fingerprint density at radius 3 is 2.79 bits per heavy atom. The average Bonchev–Trinajstić information content (AvgIpc) is 3.03. The zero-order valence-corrected chi connectivity index (χ0v) is 15.1. The van der Waals surface area contributed by atoms with Gasteiger partial charge < -0.3 is 14.8 Å². The fraction of sp³-hybridized carbons (Fsp3) is 0.562. The Balaban J connectivity index is 2.14. The predicted molar refractivity (Wildman–Crippen MR) is 91.9 cm³/mol. The van der Waals surface area contributed by atoms with Crippen molar-refractivity contribution in [2.75, 3.05) is 37.4 Å². The number of amides is 1. The number of ether oxygens (including phenoxy) is 2. The van der Waals surface area contributed by atoms with Crippen LogP contribution in [0.1, 0.15) is 18.4 Å². The lowest BCUT2D eigenvalue weighted by atomic mass is 10.2. The van der Waals surface area contributed by atoms with Crippen molar-refractivity contribution in [1.82, 2.24) is 5.32 Å². The van der Waals surface area contributed by atoms with E-state index in [4.69, 9.17) is 9.47 Å². The van der Waals surface area contributed by atoms with Crippen LogP contribution in [0, 0.1) is 6.92 Å². The van der Waals surface area contributed by atoms with Crippen LogP contribution in [-0.4, -0.2) is 53.5 Å². The SMILES string of the molecule is COc1ccc(C)cc1N(CC(=O)NCC1CCCO1)S(C)(=O)=O. The molecule has 1 heterocycles. The Labute approximate surface area is 143 Å². The summed E-state index contributed by atoms with van der Waals surface area (Å²) < 4.78 is 36.1. The fourth-order valence-corrected chi connectivity index (χ4v) is 3.45. The number of sulfonamides is 1. The van der Waals surface area contributed by atoms with Crippen LogP contribution in [0.25, 0.3) is 0 Å². The first-order valence-corrected chi connectivity index (χ1v) is 9.66. The second-order valence-electron chi connectivity index (χ2n) is 5.88. The average molecular weight is 356 g/mol. The van der Waals surface area contributed by atoms with E-state index in [1.165, 1.54) is 7.11 Å². The minimum absolute atomic E-state index is 0.00846. The first-order valence-electron chi connectivity index (χ1n) is 7.82. The minimum Gasteiger partial charge on any atom is -0.495 e. The molecule has 0 aliphatic carbocycles. The summed E-state index contributed by atoms with van der Waals surface area (Å²) in [6.07, 6.45) is 2.97. The smallest absolute Gasteiger partial charge is 0.240 e. The first-order chi connectivity index (χ1) is 11.3. The molecule has 1 aliphatic rings. The molecule has 1 N–H and O–H groups in total. The predicted octanol–water partition coefficient (Wildman–Crippen LogP) is 1.06. The van der Waals surface area contributed by atoms with Crippen molar-refractivity contribution in [2.24, 2.45) is 0 Å². The lowest BCUT2D eigenvalue weighted by Gasteiger charge is -2.24. The van der Waals surface area contributed by atoms with Gasteiger partial charge in [0, 0.05) is 13.2 Å². The number of anilines is 1. The maximum absolute atomic E-state index is 12.2. The molecule has 0 aromatic heterocycles. The zero-order valence-electron chi connectivity index (χ0n) is 14.2. The van der Waals surface area contributed by atoms with Crippen molar-refractivity contribution in [3.63, 3.8) is 0 Å². The van der Waals surface area contributed by atoms with Crippen LogP contribution < -0.4 is 14.4 Å². The van der Waals surface area contributed by atoms with Crippen LogP contribution in [0.3, 0.4) is 0 Å². The highest BCUT2D eigenvalue weighted by molar-refractivity contribution is 7.92. The van der Waals surface area contributed by atoms with Gasteiger partial charge in [-0.2, -0.15) is 0 Å². The number of carbonyl (C=O) groups is 1. The van der Waals surface area contributed by atoms with Crippen molar-refractivity contribution in [3.05, 3.63) is 23.8 Å². The minimum atomic E-state index is -3.64. The van der Waals surface area contributed by atoms with Gasteiger partial charge in [0.25, 0.3) is 0 Å². The molecule has 1 aliphatic heterocycles. The summed E-state index contributed by atoms with van der Waals surface area (Å²) in [7, 11) is -2.17. The number of hydrogen-bond donors (Lipinski definition) is 1. The Kier molecular flexibility index (Phi) is 6.06. The van der Waals surface area contributed by atoms with Gasteiger partial charge in [-0.1, -0.05) is 6.07 Å². The highest BCUT2D eigenvalue weighted by Gasteiger charge is 2.25. The normalized spacial score (nSPS) is 17.5. The van der Waals surface area contributed by atoms with Gasteiger partial charge in [-0.05, 0) is 37.5 Å². The molecule has 1 saturated heterocycles. The van der Waals surface area contributed by atoms with Gasteiger partial charge in [0.15, 0.2) is 0 Å². The molecule has 24 heavy (non-hydrogen) atoms. The van der Waals surface area contributed by atoms with Crippen molar-refractivity contribution in [1.29, 1.82) is 0 Å². The number of hydrogen-bond acceptors (Lipinski definition) is 5. The van der Waals surface area contributed by atoms with Crippen molar-refractivity contribution in [2.45, 2.75) is 25.9 Å². The van der Waals surface area contributed by atoms with Crippen LogP contribution in [0.2, 0.25) is 0 Å². The summed E-state index contributed by atoms with van der Waals surface area (Å²) in [4.78, 5) is 12.2. The Bertz CT molecular complexity index is 684. The third-order valence-electron chi connectivity index (χ3n) is 3.84. The van der Waals surface area contributed by atoms with E-state index >= 15 is 0 Å². The van der Waals surface area contributed by atoms with Crippen LogP contribution in [0.4, 0.5) is 5.69 Å². The van der Waals surface area contributed by atoms with Crippen LogP contribution in [-0.2, 0) is 19.6 Å². The number of methoxy groups -OCH3 is 1. The first kappa shape index (κ1) is 18.5. The molecule has 1 aromatic carbocycles. The number of nitrogens with one attached hydrogen (secondary N) is 1. The lowest BCUT2D eigenvalue weighted by Crippen LogP contribution is -2.42. The van der Waals surface area contributed by atoms with E-state index in [1.807, 2.05) is 13.0 Å². The highest BCUT2D eigenvalue weighted by atomic mass is 32.2. The quantitative estimate of drug-likeness (QED) is 0.790. The molecule has 0 saturated carbocycles. The molecule has 1 fully saturated rings. The number of carbonyl (C=O) groups excluding carboxylic acids is 1. The van der Waals surface area contributed by atoms with E-state index in [0.717, 1.165) is 29.0 Å². The maximum Gasteiger partial charge on any atom is 0.240 e. The summed E-state index contributed by atoms with van der Waals surface area (Å²) in [5, 5.41) is 2.74. The summed E-state index contributed by atoms with van der Waals surface area (Å²) in [6.45, 7) is 2.64. The third kappa shape index (κ3) is 4.85. The van der Waals surface area contributed by atoms with Gasteiger partial charge in [-0.25, -0.2) is 8.42 Å². The van der Waals surface area contributed by atoms with E-state index in [0.29, 0.717) is 24.6 Å². The van der Waals surface area contributed by atoms with E-state index in [2.05, 4.69) is 5.32 Å². The largest absolute Gasteiger partial charge is 0.495 e. The molecular formula is C16H24N2O5S. The second kappa shape index (κ2) is 7.85. The Morgan fingerprint density at radius 2 is 2.21 bits per heavy atom. The van der Waals surface area contributed by atoms with Crippen molar-refractivity contribution >= 4 is 21.6 Å². The standard InChI is InChI=1S/C16H24N2O5S/c1-12-6-7-15(22-2)14(9-12)18(24(3,20)21)11-16(19)17-10-13-5-4-8-23-13/h6-7,9,13H,4-5,8,10-11H2,1-3H3,(H,17,19). The van der Waals surface area contributed by atoms with Crippen molar-refractivity contribution < 1.29 is 22.7 Å². The topological polar surface area (TPSA) is 84.9 Å². The molecule has 1 unspecified atom stereocenters. The van der Waals surface area contributed by atoms with Gasteiger partial charge in [-0.15, -0.1) is 0 Å². The monoisotopic (exact) mass is 356 g/mol. The number of benzene rings is 1. The Morgan fingerprint density at radius 1 is 1.46 bits per heavy atom. The van der Waals surface area contributed by atoms with Crippen LogP contribution in [0.15, 0.2) is 18.2 Å². The summed E-state index contributed by atoms with van der Waals surface area (Å²) in [5.74, 6) is 0.0254. The molecule has 1 atom stereocenters. The molecule has 2 rings (SSSR count). The van der Waals surface area contributed by atoms with Gasteiger partial charge in [-0.3, -0.25) is 9.10 Å². The molecule has 0 spiro atoms. The van der Waals surface area contributed by atoms with Crippen LogP contribution in [0.5, 0.6) is 5.75 Å². The van der Waals surface area contributed by atoms with Gasteiger partial charge >= 0.3 is 0 Å². The maximum atomic E-state index is 12.2. The molecule has 1 amide bonds. The zero-order chi connectivity index (χ0) is 17.7. The summed E-state index contributed by atoms with van der Waals surface area (Å²) >= 11 is 0. The van der Waals surface area contributed by atoms with E-state index in [9.17, 15) is 13.2 Å².